The Hall–Kier alpha value is -0.780. The molecule has 0 bridgehead atoms. The summed E-state index contributed by atoms with van der Waals surface area (Å²) in [6, 6.07) is 0. The quantitative estimate of drug-likeness (QED) is 0.847. The summed E-state index contributed by atoms with van der Waals surface area (Å²) in [5.74, 6) is -1.52. The second-order valence-electron chi connectivity index (χ2n) is 4.80. The minimum absolute atomic E-state index is 0.0384. The smallest absolute Gasteiger partial charge is 0.341 e. The number of hydrogen-bond donors (Lipinski definition) is 1. The molecule has 18 heavy (non-hydrogen) atoms. The Morgan fingerprint density at radius 1 is 1.28 bits per heavy atom. The highest BCUT2D eigenvalue weighted by Gasteiger charge is 2.42. The fraction of sp³-hybridized carbons (Fsp3) is 0.917. The predicted octanol–water partition coefficient (Wildman–Crippen LogP) is 2.16. The lowest BCUT2D eigenvalue weighted by Crippen LogP contribution is -2.41. The Morgan fingerprint density at radius 2 is 1.83 bits per heavy atom. The molecule has 6 heteroatoms. The minimum Gasteiger partial charge on any atom is -0.341 e. The molecule has 1 rings (SSSR count). The van der Waals surface area contributed by atoms with Crippen molar-refractivity contribution in [3.8, 4) is 0 Å². The number of amides is 1. The maximum Gasteiger partial charge on any atom is 0.391 e. The van der Waals surface area contributed by atoms with E-state index < -0.39 is 12.1 Å². The van der Waals surface area contributed by atoms with Crippen LogP contribution in [-0.4, -0.2) is 36.6 Å². The number of carbonyl (C=O) groups is 1. The van der Waals surface area contributed by atoms with E-state index in [1.807, 2.05) is 6.92 Å². The number of halogens is 3. The molecule has 1 aliphatic rings. The molecular weight excluding hydrogens is 245 g/mol. The van der Waals surface area contributed by atoms with Crippen molar-refractivity contribution in [3.63, 3.8) is 0 Å². The molecule has 0 unspecified atom stereocenters. The average Bonchev–Trinajstić information content (AvgIpc) is 2.34. The van der Waals surface area contributed by atoms with Gasteiger partial charge >= 0.3 is 6.18 Å². The molecule has 0 saturated heterocycles. The molecule has 0 atom stereocenters. The zero-order valence-corrected chi connectivity index (χ0v) is 10.7. The number of alkyl halides is 3. The van der Waals surface area contributed by atoms with Crippen molar-refractivity contribution in [1.29, 1.82) is 0 Å². The minimum atomic E-state index is -4.12. The van der Waals surface area contributed by atoms with E-state index in [9.17, 15) is 18.0 Å². The summed E-state index contributed by atoms with van der Waals surface area (Å²) in [6.45, 7) is 3.29. The highest BCUT2D eigenvalue weighted by Crippen LogP contribution is 2.39. The summed E-state index contributed by atoms with van der Waals surface area (Å²) in [4.78, 5) is 13.7. The molecule has 1 saturated carbocycles. The summed E-state index contributed by atoms with van der Waals surface area (Å²) in [5.41, 5.74) is 5.41. The molecule has 0 spiro atoms. The van der Waals surface area contributed by atoms with Crippen LogP contribution in [0.15, 0.2) is 0 Å². The van der Waals surface area contributed by atoms with Gasteiger partial charge in [0.15, 0.2) is 0 Å². The molecule has 0 aromatic heterocycles. The van der Waals surface area contributed by atoms with Gasteiger partial charge in [-0.1, -0.05) is 0 Å². The monoisotopic (exact) mass is 266 g/mol. The molecule has 1 amide bonds. The Morgan fingerprint density at radius 3 is 2.22 bits per heavy atom. The summed E-state index contributed by atoms with van der Waals surface area (Å²) >= 11 is 0. The lowest BCUT2D eigenvalue weighted by molar-refractivity contribution is -0.185. The van der Waals surface area contributed by atoms with Crippen LogP contribution in [0.25, 0.3) is 0 Å². The maximum absolute atomic E-state index is 12.5. The Bertz CT molecular complexity index is 273. The molecule has 1 aliphatic carbocycles. The maximum atomic E-state index is 12.5. The highest BCUT2D eigenvalue weighted by molar-refractivity contribution is 5.78. The van der Waals surface area contributed by atoms with Crippen LogP contribution < -0.4 is 5.73 Å². The first-order valence-electron chi connectivity index (χ1n) is 6.45. The third-order valence-electron chi connectivity index (χ3n) is 3.63. The Kier molecular flexibility index (Phi) is 5.44. The molecule has 2 N–H and O–H groups in total. The first-order chi connectivity index (χ1) is 8.40. The first-order valence-corrected chi connectivity index (χ1v) is 6.45. The molecule has 1 fully saturated rings. The van der Waals surface area contributed by atoms with E-state index in [4.69, 9.17) is 5.73 Å². The van der Waals surface area contributed by atoms with E-state index in [2.05, 4.69) is 0 Å². The molecule has 0 radical (unpaired) electrons. The zero-order chi connectivity index (χ0) is 13.8. The normalized spacial score (nSPS) is 24.9. The first kappa shape index (κ1) is 15.3. The van der Waals surface area contributed by atoms with Crippen LogP contribution in [0.2, 0.25) is 0 Å². The van der Waals surface area contributed by atoms with Crippen molar-refractivity contribution in [2.45, 2.75) is 38.8 Å². The Labute approximate surface area is 106 Å². The van der Waals surface area contributed by atoms with Gasteiger partial charge in [-0.3, -0.25) is 4.79 Å². The van der Waals surface area contributed by atoms with Gasteiger partial charge in [0.2, 0.25) is 5.91 Å². The number of nitrogens with zero attached hydrogens (tertiary/aromatic N) is 1. The van der Waals surface area contributed by atoms with E-state index in [0.717, 1.165) is 0 Å². The number of hydrogen-bond acceptors (Lipinski definition) is 2. The average molecular weight is 266 g/mol. The van der Waals surface area contributed by atoms with Gasteiger partial charge in [0.25, 0.3) is 0 Å². The van der Waals surface area contributed by atoms with E-state index in [1.165, 1.54) is 0 Å². The molecule has 3 nitrogen and oxygen atoms in total. The van der Waals surface area contributed by atoms with Crippen LogP contribution >= 0.6 is 0 Å². The number of likely N-dealkylation sites (N-methyl/N-ethyl adjacent to an activating group) is 1. The fourth-order valence-corrected chi connectivity index (χ4v) is 2.51. The molecule has 0 aromatic carbocycles. The van der Waals surface area contributed by atoms with Gasteiger partial charge in [-0.25, -0.2) is 0 Å². The van der Waals surface area contributed by atoms with Crippen molar-refractivity contribution in [2.24, 2.45) is 17.6 Å². The van der Waals surface area contributed by atoms with Gasteiger partial charge in [0, 0.05) is 25.6 Å². The van der Waals surface area contributed by atoms with Gasteiger partial charge in [-0.15, -0.1) is 0 Å². The number of nitrogens with two attached hydrogens (primary N) is 1. The summed E-state index contributed by atoms with van der Waals surface area (Å²) in [6.07, 6.45) is -3.30. The third-order valence-corrected chi connectivity index (χ3v) is 3.63. The van der Waals surface area contributed by atoms with Crippen LogP contribution in [0.1, 0.15) is 32.6 Å². The molecule has 0 aliphatic heterocycles. The lowest BCUT2D eigenvalue weighted by Gasteiger charge is -2.32. The van der Waals surface area contributed by atoms with Crippen molar-refractivity contribution in [3.05, 3.63) is 0 Å². The van der Waals surface area contributed by atoms with Crippen molar-refractivity contribution in [1.82, 2.24) is 4.90 Å². The van der Waals surface area contributed by atoms with Gasteiger partial charge in [-0.05, 0) is 32.6 Å². The van der Waals surface area contributed by atoms with Crippen LogP contribution in [0.5, 0.6) is 0 Å². The SMILES string of the molecule is CCN(CCN)C(=O)C1CCC(C(F)(F)F)CC1. The highest BCUT2D eigenvalue weighted by atomic mass is 19.4. The summed E-state index contributed by atoms with van der Waals surface area (Å²) < 4.78 is 37.5. The van der Waals surface area contributed by atoms with Crippen molar-refractivity contribution in [2.75, 3.05) is 19.6 Å². The van der Waals surface area contributed by atoms with Crippen LogP contribution in [0.3, 0.4) is 0 Å². The zero-order valence-electron chi connectivity index (χ0n) is 10.7. The largest absolute Gasteiger partial charge is 0.391 e. The van der Waals surface area contributed by atoms with Crippen molar-refractivity contribution >= 4 is 5.91 Å². The van der Waals surface area contributed by atoms with Gasteiger partial charge in [0.05, 0.1) is 5.92 Å². The van der Waals surface area contributed by atoms with E-state index >= 15 is 0 Å². The Balaban J connectivity index is 2.49. The van der Waals surface area contributed by atoms with Crippen molar-refractivity contribution < 1.29 is 18.0 Å². The lowest BCUT2D eigenvalue weighted by atomic mass is 9.81. The topological polar surface area (TPSA) is 46.3 Å². The number of carbonyl (C=O) groups excluding carboxylic acids is 1. The van der Waals surface area contributed by atoms with Gasteiger partial charge in [-0.2, -0.15) is 13.2 Å². The van der Waals surface area contributed by atoms with E-state index in [-0.39, 0.29) is 24.7 Å². The third kappa shape index (κ3) is 3.86. The summed E-state index contributed by atoms with van der Waals surface area (Å²) in [5, 5.41) is 0. The van der Waals surface area contributed by atoms with Crippen LogP contribution in [0.4, 0.5) is 13.2 Å². The molecule has 0 heterocycles. The molecule has 106 valence electrons. The number of rotatable bonds is 4. The van der Waals surface area contributed by atoms with Gasteiger partial charge < -0.3 is 10.6 Å². The van der Waals surface area contributed by atoms with Crippen LogP contribution in [-0.2, 0) is 4.79 Å². The van der Waals surface area contributed by atoms with E-state index in [0.29, 0.717) is 32.5 Å². The molecule has 0 aromatic rings. The van der Waals surface area contributed by atoms with Crippen LogP contribution in [0, 0.1) is 11.8 Å². The fourth-order valence-electron chi connectivity index (χ4n) is 2.51. The predicted molar refractivity (Wildman–Crippen MR) is 62.8 cm³/mol. The second-order valence-corrected chi connectivity index (χ2v) is 4.80. The summed E-state index contributed by atoms with van der Waals surface area (Å²) in [7, 11) is 0. The standard InChI is InChI=1S/C12H21F3N2O/c1-2-17(8-7-16)11(18)9-3-5-10(6-4-9)12(13,14)15/h9-10H,2-8,16H2,1H3. The molecular formula is C12H21F3N2O. The second kappa shape index (κ2) is 6.41. The van der Waals surface area contributed by atoms with Gasteiger partial charge in [0.1, 0.15) is 0 Å². The van der Waals surface area contributed by atoms with E-state index in [1.54, 1.807) is 4.90 Å².